The number of likely N-dealkylation sites (N-methyl/N-ethyl adjacent to an activating group) is 1. The van der Waals surface area contributed by atoms with Crippen molar-refractivity contribution in [2.45, 2.75) is 19.9 Å². The van der Waals surface area contributed by atoms with E-state index in [1.165, 1.54) is 4.68 Å². The van der Waals surface area contributed by atoms with E-state index in [-0.39, 0.29) is 11.9 Å². The molecular formula is C10H14BrN3O. The maximum Gasteiger partial charge on any atom is 0.271 e. The van der Waals surface area contributed by atoms with E-state index in [0.29, 0.717) is 5.70 Å². The normalized spacial score (nSPS) is 10.5. The third kappa shape index (κ3) is 2.68. The minimum absolute atomic E-state index is 0.124. The van der Waals surface area contributed by atoms with Crippen molar-refractivity contribution in [3.05, 3.63) is 23.4 Å². The molecule has 0 aliphatic rings. The van der Waals surface area contributed by atoms with Gasteiger partial charge < -0.3 is 4.90 Å². The molecule has 5 heteroatoms. The van der Waals surface area contributed by atoms with Gasteiger partial charge in [0.05, 0.1) is 10.7 Å². The number of aromatic nitrogens is 2. The van der Waals surface area contributed by atoms with E-state index in [1.807, 2.05) is 13.8 Å². The Balaban J connectivity index is 2.82. The number of hydrogen-bond donors (Lipinski definition) is 0. The van der Waals surface area contributed by atoms with Gasteiger partial charge in [0.1, 0.15) is 5.70 Å². The van der Waals surface area contributed by atoms with Crippen molar-refractivity contribution < 1.29 is 4.79 Å². The van der Waals surface area contributed by atoms with E-state index in [4.69, 9.17) is 0 Å². The summed E-state index contributed by atoms with van der Waals surface area (Å²) >= 11 is 3.27. The number of nitrogens with zero attached hydrogens (tertiary/aromatic N) is 3. The van der Waals surface area contributed by atoms with Gasteiger partial charge in [-0.25, -0.2) is 4.68 Å². The van der Waals surface area contributed by atoms with E-state index < -0.39 is 0 Å². The van der Waals surface area contributed by atoms with Crippen molar-refractivity contribution in [1.29, 1.82) is 0 Å². The van der Waals surface area contributed by atoms with Gasteiger partial charge in [0.15, 0.2) is 0 Å². The Labute approximate surface area is 97.7 Å². The Morgan fingerprint density at radius 1 is 1.67 bits per heavy atom. The summed E-state index contributed by atoms with van der Waals surface area (Å²) in [5, 5.41) is 4.00. The Morgan fingerprint density at radius 3 is 2.67 bits per heavy atom. The van der Waals surface area contributed by atoms with Crippen molar-refractivity contribution >= 4 is 27.5 Å². The minimum atomic E-state index is -0.124. The first kappa shape index (κ1) is 12.0. The molecule has 0 aliphatic heterocycles. The van der Waals surface area contributed by atoms with Gasteiger partial charge in [-0.3, -0.25) is 4.79 Å². The topological polar surface area (TPSA) is 38.1 Å². The Kier molecular flexibility index (Phi) is 3.68. The summed E-state index contributed by atoms with van der Waals surface area (Å²) in [4.78, 5) is 13.5. The Bertz CT molecular complexity index is 384. The molecule has 0 fully saturated rings. The van der Waals surface area contributed by atoms with Crippen LogP contribution in [-0.4, -0.2) is 33.7 Å². The summed E-state index contributed by atoms with van der Waals surface area (Å²) in [6, 6.07) is 0.147. The quantitative estimate of drug-likeness (QED) is 0.789. The summed E-state index contributed by atoms with van der Waals surface area (Å²) in [5.41, 5.74) is 0.344. The van der Waals surface area contributed by atoms with E-state index >= 15 is 0 Å². The largest absolute Gasteiger partial charge is 0.338 e. The second kappa shape index (κ2) is 4.61. The van der Waals surface area contributed by atoms with E-state index in [1.54, 1.807) is 24.3 Å². The van der Waals surface area contributed by atoms with Crippen LogP contribution in [0.25, 0.3) is 5.70 Å². The molecule has 0 spiro atoms. The van der Waals surface area contributed by atoms with Crippen molar-refractivity contribution in [3.8, 4) is 0 Å². The first-order valence-corrected chi connectivity index (χ1v) is 5.39. The first-order valence-electron chi connectivity index (χ1n) is 4.60. The van der Waals surface area contributed by atoms with Crippen molar-refractivity contribution in [3.63, 3.8) is 0 Å². The lowest BCUT2D eigenvalue weighted by atomic mass is 10.3. The van der Waals surface area contributed by atoms with Crippen LogP contribution in [0.2, 0.25) is 0 Å². The summed E-state index contributed by atoms with van der Waals surface area (Å²) in [6.45, 7) is 7.63. The third-order valence-electron chi connectivity index (χ3n) is 2.17. The van der Waals surface area contributed by atoms with Gasteiger partial charge >= 0.3 is 0 Å². The standard InChI is InChI=1S/C10H14BrN3O/c1-7(2)13(4)10(15)8(3)14-6-9(11)5-12-14/h5-7H,3H2,1-2,4H3. The fourth-order valence-corrected chi connectivity index (χ4v) is 1.27. The molecule has 1 amide bonds. The summed E-state index contributed by atoms with van der Waals surface area (Å²) < 4.78 is 2.29. The highest BCUT2D eigenvalue weighted by Gasteiger charge is 2.17. The smallest absolute Gasteiger partial charge is 0.271 e. The molecule has 0 aromatic carbocycles. The predicted octanol–water partition coefficient (Wildman–Crippen LogP) is 1.98. The van der Waals surface area contributed by atoms with Crippen LogP contribution in [0.15, 0.2) is 23.4 Å². The zero-order valence-corrected chi connectivity index (χ0v) is 10.7. The number of carbonyl (C=O) groups excluding carboxylic acids is 1. The van der Waals surface area contributed by atoms with Crippen LogP contribution in [-0.2, 0) is 4.79 Å². The predicted molar refractivity (Wildman–Crippen MR) is 63.2 cm³/mol. The van der Waals surface area contributed by atoms with Crippen molar-refractivity contribution in [2.75, 3.05) is 7.05 Å². The van der Waals surface area contributed by atoms with Gasteiger partial charge in [0.2, 0.25) is 0 Å². The summed E-state index contributed by atoms with van der Waals surface area (Å²) in [6.07, 6.45) is 3.32. The van der Waals surface area contributed by atoms with Gasteiger partial charge in [-0.15, -0.1) is 0 Å². The average Bonchev–Trinajstić information content (AvgIpc) is 2.61. The van der Waals surface area contributed by atoms with Crippen LogP contribution < -0.4 is 0 Å². The molecule has 0 N–H and O–H groups in total. The molecule has 0 radical (unpaired) electrons. The maximum absolute atomic E-state index is 11.8. The monoisotopic (exact) mass is 271 g/mol. The molecule has 0 saturated heterocycles. The van der Waals surface area contributed by atoms with Gasteiger partial charge in [0.25, 0.3) is 5.91 Å². The van der Waals surface area contributed by atoms with Gasteiger partial charge in [0, 0.05) is 19.3 Å². The highest BCUT2D eigenvalue weighted by Crippen LogP contribution is 2.12. The second-order valence-corrected chi connectivity index (χ2v) is 4.48. The number of rotatable bonds is 3. The molecule has 0 unspecified atom stereocenters. The molecule has 0 saturated carbocycles. The van der Waals surface area contributed by atoms with Crippen LogP contribution in [0.3, 0.4) is 0 Å². The van der Waals surface area contributed by atoms with Crippen LogP contribution >= 0.6 is 15.9 Å². The molecule has 1 rings (SSSR count). The highest BCUT2D eigenvalue weighted by molar-refractivity contribution is 9.10. The first-order chi connectivity index (χ1) is 6.93. The van der Waals surface area contributed by atoms with Crippen molar-refractivity contribution in [2.24, 2.45) is 0 Å². The summed E-state index contributed by atoms with van der Waals surface area (Å²) in [7, 11) is 1.75. The zero-order chi connectivity index (χ0) is 11.6. The van der Waals surface area contributed by atoms with E-state index in [2.05, 4.69) is 27.6 Å². The molecule has 82 valence electrons. The summed E-state index contributed by atoms with van der Waals surface area (Å²) in [5.74, 6) is -0.124. The fourth-order valence-electron chi connectivity index (χ4n) is 0.985. The van der Waals surface area contributed by atoms with E-state index in [9.17, 15) is 4.79 Å². The van der Waals surface area contributed by atoms with Gasteiger partial charge in [-0.2, -0.15) is 5.10 Å². The highest BCUT2D eigenvalue weighted by atomic mass is 79.9. The molecule has 1 aromatic rings. The Hall–Kier alpha value is -1.10. The molecular weight excluding hydrogens is 258 g/mol. The lowest BCUT2D eigenvalue weighted by Crippen LogP contribution is -2.34. The van der Waals surface area contributed by atoms with Crippen LogP contribution in [0, 0.1) is 0 Å². The van der Waals surface area contributed by atoms with Crippen LogP contribution in [0.1, 0.15) is 13.8 Å². The Morgan fingerprint density at radius 2 is 2.27 bits per heavy atom. The molecule has 1 heterocycles. The number of halogens is 1. The molecule has 1 aromatic heterocycles. The number of carbonyl (C=O) groups is 1. The number of amides is 1. The lowest BCUT2D eigenvalue weighted by Gasteiger charge is -2.22. The average molecular weight is 272 g/mol. The number of hydrogen-bond acceptors (Lipinski definition) is 2. The van der Waals surface area contributed by atoms with Gasteiger partial charge in [-0.1, -0.05) is 6.58 Å². The van der Waals surface area contributed by atoms with Gasteiger partial charge in [-0.05, 0) is 29.8 Å². The SMILES string of the molecule is C=C(C(=O)N(C)C(C)C)n1cc(Br)cn1. The van der Waals surface area contributed by atoms with Crippen molar-refractivity contribution in [1.82, 2.24) is 14.7 Å². The zero-order valence-electron chi connectivity index (χ0n) is 9.07. The maximum atomic E-state index is 11.8. The van der Waals surface area contributed by atoms with Crippen LogP contribution in [0.4, 0.5) is 0 Å². The third-order valence-corrected chi connectivity index (χ3v) is 2.58. The lowest BCUT2D eigenvalue weighted by molar-refractivity contribution is -0.125. The van der Waals surface area contributed by atoms with E-state index in [0.717, 1.165) is 4.47 Å². The molecule has 0 aliphatic carbocycles. The minimum Gasteiger partial charge on any atom is -0.338 e. The fraction of sp³-hybridized carbons (Fsp3) is 0.400. The molecule has 0 atom stereocenters. The second-order valence-electron chi connectivity index (χ2n) is 3.56. The van der Waals surface area contributed by atoms with Crippen LogP contribution in [0.5, 0.6) is 0 Å². The molecule has 15 heavy (non-hydrogen) atoms. The molecule has 0 bridgehead atoms. The molecule has 4 nitrogen and oxygen atoms in total.